The van der Waals surface area contributed by atoms with E-state index in [2.05, 4.69) is 16.5 Å². The summed E-state index contributed by atoms with van der Waals surface area (Å²) in [5.74, 6) is 1.28. The lowest BCUT2D eigenvalue weighted by molar-refractivity contribution is 0.102. The summed E-state index contributed by atoms with van der Waals surface area (Å²) in [5.41, 5.74) is 6.45. The number of rotatable bonds is 3. The maximum atomic E-state index is 12.8. The van der Waals surface area contributed by atoms with Crippen LogP contribution in [0, 0.1) is 20.8 Å². The Morgan fingerprint density at radius 2 is 1.85 bits per heavy atom. The molecule has 6 heteroatoms. The molecule has 0 radical (unpaired) electrons. The van der Waals surface area contributed by atoms with E-state index >= 15 is 0 Å². The van der Waals surface area contributed by atoms with Crippen molar-refractivity contribution in [2.45, 2.75) is 32.3 Å². The van der Waals surface area contributed by atoms with Gasteiger partial charge in [-0.25, -0.2) is 4.68 Å². The minimum Gasteiger partial charge on any atom is -0.306 e. The van der Waals surface area contributed by atoms with Gasteiger partial charge in [0.05, 0.1) is 22.9 Å². The van der Waals surface area contributed by atoms with Crippen molar-refractivity contribution in [1.82, 2.24) is 9.78 Å². The Bertz CT molecular complexity index is 1090. The van der Waals surface area contributed by atoms with E-state index in [0.717, 1.165) is 28.1 Å². The molecule has 5 nitrogen and oxygen atoms in total. The highest BCUT2D eigenvalue weighted by atomic mass is 32.2. The molecule has 3 aromatic rings. The van der Waals surface area contributed by atoms with Gasteiger partial charge in [0.15, 0.2) is 0 Å². The number of hydrogen-bond acceptors (Lipinski definition) is 3. The Hall–Kier alpha value is -2.73. The minimum absolute atomic E-state index is 0.190. The van der Waals surface area contributed by atoms with Gasteiger partial charge < -0.3 is 5.32 Å². The number of anilines is 1. The quantitative estimate of drug-likeness (QED) is 0.753. The first-order valence-corrected chi connectivity index (χ1v) is 10.3. The van der Waals surface area contributed by atoms with E-state index in [1.54, 1.807) is 10.7 Å². The van der Waals surface area contributed by atoms with Crippen LogP contribution in [0.1, 0.15) is 38.3 Å². The van der Waals surface area contributed by atoms with Crippen LogP contribution >= 0.6 is 0 Å². The van der Waals surface area contributed by atoms with Crippen LogP contribution in [0.25, 0.3) is 5.69 Å². The van der Waals surface area contributed by atoms with Gasteiger partial charge in [0.25, 0.3) is 5.91 Å². The fourth-order valence-electron chi connectivity index (χ4n) is 3.44. The molecular weight excluding hydrogens is 358 g/mol. The normalized spacial score (nSPS) is 15.6. The second kappa shape index (κ2) is 6.78. The Morgan fingerprint density at radius 3 is 2.59 bits per heavy atom. The summed E-state index contributed by atoms with van der Waals surface area (Å²) in [7, 11) is -0.962. The van der Waals surface area contributed by atoms with Crippen molar-refractivity contribution in [3.8, 4) is 5.69 Å². The van der Waals surface area contributed by atoms with Crippen LogP contribution in [0.5, 0.6) is 0 Å². The number of aromatic nitrogens is 2. The second-order valence-electron chi connectivity index (χ2n) is 7.03. The van der Waals surface area contributed by atoms with Crippen molar-refractivity contribution in [3.63, 3.8) is 0 Å². The fraction of sp³-hybridized carbons (Fsp3) is 0.238. The molecule has 138 valence electrons. The third-order valence-corrected chi connectivity index (χ3v) is 5.97. The van der Waals surface area contributed by atoms with Crippen molar-refractivity contribution < 1.29 is 9.00 Å². The third kappa shape index (κ3) is 3.32. The standard InChI is InChI=1S/C21H21N3O2S/c1-13-5-4-6-16(10-13)21(25)22-20-17-11-27(26)12-18(17)23-24(20)19-8-7-14(2)9-15(19)3/h4-10H,11-12H2,1-3H3,(H,22,25)/t27-/m0/s1. The van der Waals surface area contributed by atoms with E-state index in [0.29, 0.717) is 22.9 Å². The van der Waals surface area contributed by atoms with Gasteiger partial charge >= 0.3 is 0 Å². The summed E-state index contributed by atoms with van der Waals surface area (Å²) < 4.78 is 13.8. The van der Waals surface area contributed by atoms with Crippen LogP contribution in [0.15, 0.2) is 42.5 Å². The highest BCUT2D eigenvalue weighted by Crippen LogP contribution is 2.32. The maximum absolute atomic E-state index is 12.8. The molecule has 4 rings (SSSR count). The van der Waals surface area contributed by atoms with Gasteiger partial charge in [-0.15, -0.1) is 0 Å². The lowest BCUT2D eigenvalue weighted by Gasteiger charge is -2.13. The monoisotopic (exact) mass is 379 g/mol. The topological polar surface area (TPSA) is 64.0 Å². The number of hydrogen-bond donors (Lipinski definition) is 1. The number of fused-ring (bicyclic) bond motifs is 1. The van der Waals surface area contributed by atoms with E-state index in [9.17, 15) is 9.00 Å². The number of nitrogens with zero attached hydrogens (tertiary/aromatic N) is 2. The number of amides is 1. The largest absolute Gasteiger partial charge is 0.306 e. The number of nitrogens with one attached hydrogen (secondary N) is 1. The van der Waals surface area contributed by atoms with Crippen molar-refractivity contribution in [1.29, 1.82) is 0 Å². The Balaban J connectivity index is 1.79. The molecule has 1 aliphatic heterocycles. The molecule has 0 saturated carbocycles. The van der Waals surface area contributed by atoms with E-state index in [1.807, 2.05) is 51.1 Å². The molecule has 1 N–H and O–H groups in total. The molecule has 1 aliphatic rings. The van der Waals surface area contributed by atoms with E-state index in [-0.39, 0.29) is 5.91 Å². The molecule has 0 bridgehead atoms. The van der Waals surface area contributed by atoms with Crippen molar-refractivity contribution in [2.75, 3.05) is 5.32 Å². The minimum atomic E-state index is -0.962. The second-order valence-corrected chi connectivity index (χ2v) is 8.48. The van der Waals surface area contributed by atoms with Crippen molar-refractivity contribution in [3.05, 3.63) is 76.0 Å². The van der Waals surface area contributed by atoms with E-state index in [1.165, 1.54) is 5.56 Å². The zero-order chi connectivity index (χ0) is 19.1. The molecular formula is C21H21N3O2S. The van der Waals surface area contributed by atoms with Crippen molar-refractivity contribution >= 4 is 22.5 Å². The molecule has 2 heterocycles. The zero-order valence-electron chi connectivity index (χ0n) is 15.6. The molecule has 0 unspecified atom stereocenters. The first-order chi connectivity index (χ1) is 12.9. The molecule has 27 heavy (non-hydrogen) atoms. The van der Waals surface area contributed by atoms with Gasteiger partial charge in [-0.3, -0.25) is 9.00 Å². The Morgan fingerprint density at radius 1 is 1.07 bits per heavy atom. The summed E-state index contributed by atoms with van der Waals surface area (Å²) in [4.78, 5) is 12.8. The molecule has 0 spiro atoms. The van der Waals surface area contributed by atoms with Gasteiger partial charge in [0.1, 0.15) is 5.82 Å². The van der Waals surface area contributed by atoms with Crippen LogP contribution < -0.4 is 5.32 Å². The predicted octanol–water partition coefficient (Wildman–Crippen LogP) is 3.81. The highest BCUT2D eigenvalue weighted by Gasteiger charge is 2.28. The van der Waals surface area contributed by atoms with Crippen LogP contribution in [-0.2, 0) is 22.3 Å². The molecule has 1 atom stereocenters. The van der Waals surface area contributed by atoms with Crippen molar-refractivity contribution in [2.24, 2.45) is 0 Å². The average molecular weight is 379 g/mol. The van der Waals surface area contributed by atoms with Crippen LogP contribution in [0.2, 0.25) is 0 Å². The summed E-state index contributed by atoms with van der Waals surface area (Å²) in [5, 5.41) is 7.70. The number of carbonyl (C=O) groups excluding carboxylic acids is 1. The molecule has 1 amide bonds. The molecule has 0 aliphatic carbocycles. The number of carbonyl (C=O) groups is 1. The first-order valence-electron chi connectivity index (χ1n) is 8.84. The predicted molar refractivity (Wildman–Crippen MR) is 108 cm³/mol. The van der Waals surface area contributed by atoms with Crippen LogP contribution in [0.4, 0.5) is 5.82 Å². The smallest absolute Gasteiger partial charge is 0.256 e. The number of aryl methyl sites for hydroxylation is 3. The van der Waals surface area contributed by atoms with Crippen LogP contribution in [-0.4, -0.2) is 19.9 Å². The Labute approximate surface area is 160 Å². The van der Waals surface area contributed by atoms with E-state index in [4.69, 9.17) is 0 Å². The summed E-state index contributed by atoms with van der Waals surface area (Å²) in [6.07, 6.45) is 0. The van der Waals surface area contributed by atoms with Gasteiger partial charge in [-0.2, -0.15) is 5.10 Å². The maximum Gasteiger partial charge on any atom is 0.256 e. The summed E-state index contributed by atoms with van der Waals surface area (Å²) >= 11 is 0. The molecule has 0 fully saturated rings. The van der Waals surface area contributed by atoms with Gasteiger partial charge in [-0.05, 0) is 44.5 Å². The average Bonchev–Trinajstić information content (AvgIpc) is 3.12. The SMILES string of the molecule is Cc1cccc(C(=O)Nc2c3c(nn2-c2ccc(C)cc2C)C[S@@](=O)C3)c1. The lowest BCUT2D eigenvalue weighted by atomic mass is 10.1. The summed E-state index contributed by atoms with van der Waals surface area (Å²) in [6.45, 7) is 6.03. The van der Waals surface area contributed by atoms with Gasteiger partial charge in [0, 0.05) is 21.9 Å². The molecule has 2 aromatic carbocycles. The molecule has 0 saturated heterocycles. The summed E-state index contributed by atoms with van der Waals surface area (Å²) in [6, 6.07) is 13.6. The third-order valence-electron chi connectivity index (χ3n) is 4.76. The number of benzene rings is 2. The van der Waals surface area contributed by atoms with Crippen LogP contribution in [0.3, 0.4) is 0 Å². The van der Waals surface area contributed by atoms with Gasteiger partial charge in [0.2, 0.25) is 0 Å². The molecule has 1 aromatic heterocycles. The lowest BCUT2D eigenvalue weighted by Crippen LogP contribution is -2.17. The van der Waals surface area contributed by atoms with Gasteiger partial charge in [-0.1, -0.05) is 35.4 Å². The highest BCUT2D eigenvalue weighted by molar-refractivity contribution is 7.83. The Kier molecular flexibility index (Phi) is 4.44. The van der Waals surface area contributed by atoms with E-state index < -0.39 is 10.8 Å². The first kappa shape index (κ1) is 17.7. The zero-order valence-corrected chi connectivity index (χ0v) is 16.4. The fourth-order valence-corrected chi connectivity index (χ4v) is 4.70.